The monoisotopic (exact) mass is 293 g/mol. The van der Waals surface area contributed by atoms with Crippen LogP contribution in [0.3, 0.4) is 0 Å². The van der Waals surface area contributed by atoms with Crippen molar-refractivity contribution in [2.75, 3.05) is 0 Å². The van der Waals surface area contributed by atoms with Crippen molar-refractivity contribution >= 4 is 0 Å². The molecule has 0 saturated carbocycles. The van der Waals surface area contributed by atoms with Gasteiger partial charge in [0.15, 0.2) is 0 Å². The molecular formula is C12H7F6N2. The van der Waals surface area contributed by atoms with Crippen molar-refractivity contribution in [2.45, 2.75) is 12.4 Å². The summed E-state index contributed by atoms with van der Waals surface area (Å²) in [7, 11) is 1.41. The van der Waals surface area contributed by atoms with E-state index in [0.29, 0.717) is 18.2 Å². The van der Waals surface area contributed by atoms with Crippen LogP contribution < -0.4 is 0 Å². The minimum absolute atomic E-state index is 0.217. The molecule has 2 aromatic rings. The zero-order chi connectivity index (χ0) is 15.1. The van der Waals surface area contributed by atoms with Crippen molar-refractivity contribution < 1.29 is 26.3 Å². The Kier molecular flexibility index (Phi) is 3.27. The molecule has 107 valence electrons. The standard InChI is InChI=1S/C12H7F6N2/c1-20-5-4-10(19-20)8-6-7(11(13,14)15)2-3-9(8)12(16,17)18/h2-4,6H,1H3. The fraction of sp³-hybridized carbons (Fsp3) is 0.250. The number of aromatic nitrogens is 2. The Morgan fingerprint density at radius 3 is 2.15 bits per heavy atom. The van der Waals surface area contributed by atoms with Crippen molar-refractivity contribution in [1.29, 1.82) is 0 Å². The van der Waals surface area contributed by atoms with Gasteiger partial charge in [0.05, 0.1) is 23.0 Å². The minimum atomic E-state index is -4.77. The third-order valence-electron chi connectivity index (χ3n) is 2.57. The summed E-state index contributed by atoms with van der Waals surface area (Å²) < 4.78 is 77.4. The van der Waals surface area contributed by atoms with Gasteiger partial charge >= 0.3 is 12.4 Å². The molecule has 8 heteroatoms. The second kappa shape index (κ2) is 4.53. The van der Waals surface area contributed by atoms with E-state index in [1.165, 1.54) is 7.05 Å². The maximum atomic E-state index is 12.8. The number of nitrogens with zero attached hydrogens (tertiary/aromatic N) is 2. The Labute approximate surface area is 109 Å². The lowest BCUT2D eigenvalue weighted by molar-refractivity contribution is -0.141. The van der Waals surface area contributed by atoms with E-state index in [2.05, 4.69) is 11.3 Å². The molecule has 0 aliphatic heterocycles. The zero-order valence-electron chi connectivity index (χ0n) is 9.97. The predicted molar refractivity (Wildman–Crippen MR) is 57.5 cm³/mol. The number of hydrogen-bond acceptors (Lipinski definition) is 1. The van der Waals surface area contributed by atoms with Gasteiger partial charge in [0, 0.05) is 12.6 Å². The molecular weight excluding hydrogens is 286 g/mol. The lowest BCUT2D eigenvalue weighted by Gasteiger charge is -2.14. The highest BCUT2D eigenvalue weighted by molar-refractivity contribution is 5.65. The number of alkyl halides is 6. The van der Waals surface area contributed by atoms with Gasteiger partial charge in [-0.3, -0.25) is 4.68 Å². The first-order valence-corrected chi connectivity index (χ1v) is 5.29. The van der Waals surface area contributed by atoms with Crippen molar-refractivity contribution in [3.8, 4) is 11.3 Å². The van der Waals surface area contributed by atoms with E-state index < -0.39 is 29.0 Å². The van der Waals surface area contributed by atoms with Crippen LogP contribution in [0, 0.1) is 6.20 Å². The Balaban J connectivity index is 2.66. The van der Waals surface area contributed by atoms with E-state index in [1.54, 1.807) is 0 Å². The smallest absolute Gasteiger partial charge is 0.266 e. The van der Waals surface area contributed by atoms with Gasteiger partial charge in [0.25, 0.3) is 0 Å². The molecule has 0 fully saturated rings. The van der Waals surface area contributed by atoms with Crippen molar-refractivity contribution in [2.24, 2.45) is 7.05 Å². The third-order valence-corrected chi connectivity index (χ3v) is 2.57. The second-order valence-electron chi connectivity index (χ2n) is 4.04. The molecule has 20 heavy (non-hydrogen) atoms. The Hall–Kier alpha value is -1.99. The number of rotatable bonds is 1. The van der Waals surface area contributed by atoms with Crippen LogP contribution in [0.15, 0.2) is 24.3 Å². The molecule has 1 aromatic carbocycles. The molecule has 0 saturated heterocycles. The lowest BCUT2D eigenvalue weighted by Crippen LogP contribution is -2.11. The van der Waals surface area contributed by atoms with Gasteiger partial charge in [-0.25, -0.2) is 0 Å². The van der Waals surface area contributed by atoms with Crippen LogP contribution in [0.1, 0.15) is 11.1 Å². The van der Waals surface area contributed by atoms with Gasteiger partial charge in [-0.2, -0.15) is 31.4 Å². The van der Waals surface area contributed by atoms with Gasteiger partial charge in [-0.1, -0.05) is 0 Å². The summed E-state index contributed by atoms with van der Waals surface area (Å²) >= 11 is 0. The first-order valence-electron chi connectivity index (χ1n) is 5.29. The molecule has 0 aliphatic rings. The fourth-order valence-corrected chi connectivity index (χ4v) is 1.69. The fourth-order valence-electron chi connectivity index (χ4n) is 1.69. The SMILES string of the molecule is Cn1[c]cc(-c2cc(C(F)(F)F)ccc2C(F)(F)F)n1. The summed E-state index contributed by atoms with van der Waals surface area (Å²) in [6.07, 6.45) is -7.03. The summed E-state index contributed by atoms with van der Waals surface area (Å²) in [5.74, 6) is 0. The van der Waals surface area contributed by atoms with Crippen molar-refractivity contribution in [3.05, 3.63) is 41.6 Å². The summed E-state index contributed by atoms with van der Waals surface area (Å²) in [5, 5.41) is 3.67. The molecule has 1 heterocycles. The molecule has 0 unspecified atom stereocenters. The molecule has 0 amide bonds. The summed E-state index contributed by atoms with van der Waals surface area (Å²) in [4.78, 5) is 0. The topological polar surface area (TPSA) is 17.8 Å². The maximum Gasteiger partial charge on any atom is 0.417 e. The molecule has 1 aromatic heterocycles. The molecule has 0 bridgehead atoms. The number of hydrogen-bond donors (Lipinski definition) is 0. The molecule has 1 radical (unpaired) electrons. The van der Waals surface area contributed by atoms with Gasteiger partial charge in [0.1, 0.15) is 0 Å². The van der Waals surface area contributed by atoms with Gasteiger partial charge in [0.2, 0.25) is 0 Å². The van der Waals surface area contributed by atoms with Crippen molar-refractivity contribution in [1.82, 2.24) is 9.78 Å². The summed E-state index contributed by atoms with van der Waals surface area (Å²) in [6.45, 7) is 0. The first kappa shape index (κ1) is 14.4. The molecule has 0 spiro atoms. The minimum Gasteiger partial charge on any atom is -0.266 e. The molecule has 0 atom stereocenters. The van der Waals surface area contributed by atoms with Crippen LogP contribution in [0.5, 0.6) is 0 Å². The highest BCUT2D eigenvalue weighted by Gasteiger charge is 2.37. The Bertz CT molecular complexity index is 624. The maximum absolute atomic E-state index is 12.8. The third kappa shape index (κ3) is 2.78. The van der Waals surface area contributed by atoms with Crippen LogP contribution in [0.25, 0.3) is 11.3 Å². The van der Waals surface area contributed by atoms with E-state index in [4.69, 9.17) is 0 Å². The van der Waals surface area contributed by atoms with Gasteiger partial charge in [-0.05, 0) is 24.3 Å². The quantitative estimate of drug-likeness (QED) is 0.729. The summed E-state index contributed by atoms with van der Waals surface area (Å²) in [5.41, 5.74) is -3.17. The van der Waals surface area contributed by atoms with E-state index in [9.17, 15) is 26.3 Å². The number of aryl methyl sites for hydroxylation is 1. The van der Waals surface area contributed by atoms with E-state index in [-0.39, 0.29) is 5.69 Å². The lowest BCUT2D eigenvalue weighted by atomic mass is 10.0. The molecule has 0 aliphatic carbocycles. The predicted octanol–water partition coefficient (Wildman–Crippen LogP) is 3.92. The highest BCUT2D eigenvalue weighted by Crippen LogP contribution is 2.40. The zero-order valence-corrected chi connectivity index (χ0v) is 9.97. The highest BCUT2D eigenvalue weighted by atomic mass is 19.4. The average Bonchev–Trinajstić information content (AvgIpc) is 2.72. The van der Waals surface area contributed by atoms with Crippen LogP contribution >= 0.6 is 0 Å². The van der Waals surface area contributed by atoms with E-state index >= 15 is 0 Å². The van der Waals surface area contributed by atoms with Crippen molar-refractivity contribution in [3.63, 3.8) is 0 Å². The Morgan fingerprint density at radius 2 is 1.70 bits per heavy atom. The van der Waals surface area contributed by atoms with Gasteiger partial charge in [-0.15, -0.1) is 0 Å². The first-order chi connectivity index (χ1) is 9.09. The normalized spacial score (nSPS) is 12.8. The van der Waals surface area contributed by atoms with Crippen LogP contribution in [0.4, 0.5) is 26.3 Å². The van der Waals surface area contributed by atoms with E-state index in [0.717, 1.165) is 10.7 Å². The van der Waals surface area contributed by atoms with Crippen LogP contribution in [0.2, 0.25) is 0 Å². The number of benzene rings is 1. The van der Waals surface area contributed by atoms with Gasteiger partial charge < -0.3 is 0 Å². The molecule has 0 N–H and O–H groups in total. The largest absolute Gasteiger partial charge is 0.417 e. The summed E-state index contributed by atoms with van der Waals surface area (Å²) in [6, 6.07) is 2.36. The van der Waals surface area contributed by atoms with E-state index in [1.807, 2.05) is 0 Å². The number of halogens is 6. The molecule has 2 rings (SSSR count). The average molecular weight is 293 g/mol. The Morgan fingerprint density at radius 1 is 1.05 bits per heavy atom. The second-order valence-corrected chi connectivity index (χ2v) is 4.04. The van der Waals surface area contributed by atoms with Crippen LogP contribution in [-0.2, 0) is 19.4 Å². The van der Waals surface area contributed by atoms with Crippen LogP contribution in [-0.4, -0.2) is 9.78 Å². The molecule has 2 nitrogen and oxygen atoms in total.